The highest BCUT2D eigenvalue weighted by atomic mass is 16.1. The maximum Gasteiger partial charge on any atom is 0.139 e. The summed E-state index contributed by atoms with van der Waals surface area (Å²) in [5, 5.41) is 0. The first kappa shape index (κ1) is 15.2. The van der Waals surface area contributed by atoms with Gasteiger partial charge in [-0.3, -0.25) is 4.79 Å². The number of carbonyl (C=O) groups excluding carboxylic acids is 1. The standard InChI is InChI=1S/C21H34O/c1-4-14-12-15-7-8-16-17-6-5-10-20(17,2)11-9-18(16)21(15,3)19(22)13-14/h14-18H,4-13H2,1-3H3/t14?,15-,16?,17?,18?,20?,21?/m0/s1. The molecule has 0 heterocycles. The topological polar surface area (TPSA) is 17.1 Å². The van der Waals surface area contributed by atoms with E-state index in [-0.39, 0.29) is 5.41 Å². The zero-order chi connectivity index (χ0) is 15.5. The Kier molecular flexibility index (Phi) is 3.51. The number of fused-ring (bicyclic) bond motifs is 5. The molecule has 0 aromatic heterocycles. The van der Waals surface area contributed by atoms with Crippen molar-refractivity contribution in [1.29, 1.82) is 0 Å². The number of hydrogen-bond donors (Lipinski definition) is 0. The molecule has 4 rings (SSSR count). The Morgan fingerprint density at radius 1 is 1.05 bits per heavy atom. The number of Topliss-reactive ketones (excluding diaryl/α,β-unsaturated/α-hetero) is 1. The van der Waals surface area contributed by atoms with Crippen LogP contribution in [-0.4, -0.2) is 5.78 Å². The summed E-state index contributed by atoms with van der Waals surface area (Å²) >= 11 is 0. The van der Waals surface area contributed by atoms with Gasteiger partial charge in [-0.1, -0.05) is 33.6 Å². The predicted octanol–water partition coefficient (Wildman–Crippen LogP) is 5.62. The van der Waals surface area contributed by atoms with E-state index < -0.39 is 0 Å². The highest BCUT2D eigenvalue weighted by molar-refractivity contribution is 5.86. The highest BCUT2D eigenvalue weighted by Crippen LogP contribution is 2.65. The summed E-state index contributed by atoms with van der Waals surface area (Å²) in [7, 11) is 0. The molecule has 0 spiro atoms. The van der Waals surface area contributed by atoms with Gasteiger partial charge in [-0.2, -0.15) is 0 Å². The maximum atomic E-state index is 13.1. The number of carbonyl (C=O) groups is 1. The van der Waals surface area contributed by atoms with E-state index in [1.165, 1.54) is 57.8 Å². The van der Waals surface area contributed by atoms with Crippen LogP contribution in [0.15, 0.2) is 0 Å². The largest absolute Gasteiger partial charge is 0.299 e. The molecule has 1 nitrogen and oxygen atoms in total. The third-order valence-electron chi connectivity index (χ3n) is 8.96. The first-order valence-electron chi connectivity index (χ1n) is 10.0. The van der Waals surface area contributed by atoms with E-state index in [1.54, 1.807) is 0 Å². The zero-order valence-electron chi connectivity index (χ0n) is 14.9. The Balaban J connectivity index is 1.64. The van der Waals surface area contributed by atoms with Crippen molar-refractivity contribution in [2.75, 3.05) is 0 Å². The van der Waals surface area contributed by atoms with Gasteiger partial charge in [0, 0.05) is 11.8 Å². The Hall–Kier alpha value is -0.330. The van der Waals surface area contributed by atoms with Crippen LogP contribution in [0.1, 0.15) is 85.0 Å². The molecule has 0 aromatic rings. The van der Waals surface area contributed by atoms with Gasteiger partial charge in [0.05, 0.1) is 0 Å². The monoisotopic (exact) mass is 302 g/mol. The first-order valence-corrected chi connectivity index (χ1v) is 10.0. The van der Waals surface area contributed by atoms with Gasteiger partial charge in [-0.15, -0.1) is 0 Å². The summed E-state index contributed by atoms with van der Waals surface area (Å²) < 4.78 is 0. The maximum absolute atomic E-state index is 13.1. The van der Waals surface area contributed by atoms with Gasteiger partial charge >= 0.3 is 0 Å². The van der Waals surface area contributed by atoms with Crippen molar-refractivity contribution in [3.05, 3.63) is 0 Å². The molecule has 0 amide bonds. The lowest BCUT2D eigenvalue weighted by Gasteiger charge is -2.59. The molecule has 4 fully saturated rings. The van der Waals surface area contributed by atoms with E-state index in [0.717, 1.165) is 18.3 Å². The number of hydrogen-bond acceptors (Lipinski definition) is 1. The van der Waals surface area contributed by atoms with Crippen LogP contribution >= 0.6 is 0 Å². The fourth-order valence-corrected chi connectivity index (χ4v) is 7.50. The van der Waals surface area contributed by atoms with Crippen molar-refractivity contribution < 1.29 is 4.79 Å². The molecule has 0 bridgehead atoms. The normalized spacial score (nSPS) is 54.5. The van der Waals surface area contributed by atoms with E-state index >= 15 is 0 Å². The van der Waals surface area contributed by atoms with Gasteiger partial charge in [0.2, 0.25) is 0 Å². The molecular formula is C21H34O. The van der Waals surface area contributed by atoms with Gasteiger partial charge < -0.3 is 0 Å². The second-order valence-electron chi connectivity index (χ2n) is 9.66. The Morgan fingerprint density at radius 2 is 1.86 bits per heavy atom. The molecule has 1 heteroatoms. The van der Waals surface area contributed by atoms with Crippen molar-refractivity contribution in [2.45, 2.75) is 85.0 Å². The number of ketones is 1. The van der Waals surface area contributed by atoms with Crippen LogP contribution in [0.4, 0.5) is 0 Å². The van der Waals surface area contributed by atoms with Crippen molar-refractivity contribution in [2.24, 2.45) is 40.4 Å². The average molecular weight is 303 g/mol. The van der Waals surface area contributed by atoms with Gasteiger partial charge in [0.15, 0.2) is 0 Å². The van der Waals surface area contributed by atoms with E-state index in [2.05, 4.69) is 20.8 Å². The van der Waals surface area contributed by atoms with E-state index in [0.29, 0.717) is 29.0 Å². The minimum Gasteiger partial charge on any atom is -0.299 e. The summed E-state index contributed by atoms with van der Waals surface area (Å²) in [5.74, 6) is 4.54. The molecular weight excluding hydrogens is 268 g/mol. The minimum absolute atomic E-state index is 0.0402. The molecule has 0 N–H and O–H groups in total. The van der Waals surface area contributed by atoms with Crippen molar-refractivity contribution in [3.8, 4) is 0 Å². The fourth-order valence-electron chi connectivity index (χ4n) is 7.50. The molecule has 7 atom stereocenters. The fraction of sp³-hybridized carbons (Fsp3) is 0.952. The smallest absolute Gasteiger partial charge is 0.139 e. The minimum atomic E-state index is 0.0402. The molecule has 0 saturated heterocycles. The van der Waals surface area contributed by atoms with Crippen LogP contribution in [0, 0.1) is 40.4 Å². The molecule has 22 heavy (non-hydrogen) atoms. The third-order valence-corrected chi connectivity index (χ3v) is 8.96. The molecule has 124 valence electrons. The second kappa shape index (κ2) is 5.08. The Labute approximate surface area is 136 Å². The summed E-state index contributed by atoms with van der Waals surface area (Å²) in [5.41, 5.74) is 0.659. The van der Waals surface area contributed by atoms with Crippen LogP contribution in [0.3, 0.4) is 0 Å². The van der Waals surface area contributed by atoms with E-state index in [1.807, 2.05) is 0 Å². The lowest BCUT2D eigenvalue weighted by atomic mass is 9.44. The SMILES string of the molecule is CCC1CC(=O)C2(C)C3CCC4(C)CCCC4C3CC[C@H]2C1. The van der Waals surface area contributed by atoms with Crippen LogP contribution in [-0.2, 0) is 4.79 Å². The first-order chi connectivity index (χ1) is 10.5. The molecule has 4 aliphatic carbocycles. The highest BCUT2D eigenvalue weighted by Gasteiger charge is 2.60. The number of rotatable bonds is 1. The molecule has 4 saturated carbocycles. The second-order valence-corrected chi connectivity index (χ2v) is 9.66. The summed E-state index contributed by atoms with van der Waals surface area (Å²) in [6, 6.07) is 0. The Morgan fingerprint density at radius 3 is 2.64 bits per heavy atom. The van der Waals surface area contributed by atoms with Crippen molar-refractivity contribution >= 4 is 5.78 Å². The average Bonchev–Trinajstić information content (AvgIpc) is 2.90. The lowest BCUT2D eigenvalue weighted by Crippen LogP contribution is -2.56. The van der Waals surface area contributed by atoms with Gasteiger partial charge in [-0.05, 0) is 80.0 Å². The van der Waals surface area contributed by atoms with E-state index in [4.69, 9.17) is 0 Å². The van der Waals surface area contributed by atoms with Crippen LogP contribution in [0.5, 0.6) is 0 Å². The van der Waals surface area contributed by atoms with Crippen LogP contribution in [0.25, 0.3) is 0 Å². The Bertz CT molecular complexity index is 469. The molecule has 0 aliphatic heterocycles. The predicted molar refractivity (Wildman–Crippen MR) is 90.5 cm³/mol. The molecule has 0 aromatic carbocycles. The molecule has 6 unspecified atom stereocenters. The van der Waals surface area contributed by atoms with Gasteiger partial charge in [0.25, 0.3) is 0 Å². The van der Waals surface area contributed by atoms with Gasteiger partial charge in [-0.25, -0.2) is 0 Å². The quantitative estimate of drug-likeness (QED) is 0.614. The molecule has 0 radical (unpaired) electrons. The summed E-state index contributed by atoms with van der Waals surface area (Å²) in [6.45, 7) is 7.22. The van der Waals surface area contributed by atoms with Crippen LogP contribution < -0.4 is 0 Å². The lowest BCUT2D eigenvalue weighted by molar-refractivity contribution is -0.157. The molecule has 4 aliphatic rings. The van der Waals surface area contributed by atoms with Crippen molar-refractivity contribution in [3.63, 3.8) is 0 Å². The van der Waals surface area contributed by atoms with Gasteiger partial charge in [0.1, 0.15) is 5.78 Å². The summed E-state index contributed by atoms with van der Waals surface area (Å²) in [4.78, 5) is 13.1. The third kappa shape index (κ3) is 1.93. The van der Waals surface area contributed by atoms with Crippen LogP contribution in [0.2, 0.25) is 0 Å². The zero-order valence-corrected chi connectivity index (χ0v) is 14.9. The summed E-state index contributed by atoms with van der Waals surface area (Å²) in [6.07, 6.45) is 13.3. The van der Waals surface area contributed by atoms with E-state index in [9.17, 15) is 4.79 Å². The van der Waals surface area contributed by atoms with Crippen molar-refractivity contribution in [1.82, 2.24) is 0 Å².